The molecule has 1 atom stereocenters. The number of nitro benzene ring substituents is 1. The van der Waals surface area contributed by atoms with Gasteiger partial charge in [0.1, 0.15) is 11.4 Å². The molecule has 2 aliphatic heterocycles. The van der Waals surface area contributed by atoms with Crippen LogP contribution in [0.5, 0.6) is 5.75 Å². The van der Waals surface area contributed by atoms with Gasteiger partial charge in [-0.15, -0.1) is 0 Å². The highest BCUT2D eigenvalue weighted by Crippen LogP contribution is 2.49. The summed E-state index contributed by atoms with van der Waals surface area (Å²) in [5.41, 5.74) is 0.316. The molecule has 0 aromatic heterocycles. The highest BCUT2D eigenvalue weighted by Gasteiger charge is 2.46. The summed E-state index contributed by atoms with van der Waals surface area (Å²) in [5.74, 6) is -0.810. The van der Waals surface area contributed by atoms with Crippen molar-refractivity contribution in [2.45, 2.75) is 45.6 Å². The van der Waals surface area contributed by atoms with Crippen LogP contribution in [-0.2, 0) is 14.2 Å². The van der Waals surface area contributed by atoms with Crippen molar-refractivity contribution in [3.63, 3.8) is 0 Å². The van der Waals surface area contributed by atoms with E-state index in [1.165, 1.54) is 12.1 Å². The summed E-state index contributed by atoms with van der Waals surface area (Å²) >= 11 is 0. The summed E-state index contributed by atoms with van der Waals surface area (Å²) in [6.07, 6.45) is -2.27. The number of dihydropyridines is 1. The average Bonchev–Trinajstić information content (AvgIpc) is 2.71. The van der Waals surface area contributed by atoms with E-state index in [0.29, 0.717) is 22.5 Å². The topological polar surface area (TPSA) is 146 Å². The number of hydrogen-bond donors (Lipinski definition) is 2. The Labute approximate surface area is 183 Å². The van der Waals surface area contributed by atoms with E-state index in [1.807, 2.05) is 0 Å². The van der Waals surface area contributed by atoms with E-state index in [4.69, 9.17) is 19.3 Å². The summed E-state index contributed by atoms with van der Waals surface area (Å²) in [6, 6.07) is 4.40. The van der Waals surface area contributed by atoms with Crippen LogP contribution in [0.25, 0.3) is 0 Å². The fourth-order valence-corrected chi connectivity index (χ4v) is 3.98. The van der Waals surface area contributed by atoms with E-state index in [9.17, 15) is 19.7 Å². The summed E-state index contributed by atoms with van der Waals surface area (Å²) in [5, 5.41) is 23.9. The van der Waals surface area contributed by atoms with Crippen molar-refractivity contribution in [3.8, 4) is 5.75 Å². The molecule has 2 aliphatic rings. The number of carbonyl (C=O) groups is 2. The lowest BCUT2D eigenvalue weighted by atomic mass is 9.77. The van der Waals surface area contributed by atoms with Gasteiger partial charge in [-0.3, -0.25) is 10.1 Å². The van der Waals surface area contributed by atoms with Crippen LogP contribution in [0, 0.1) is 10.1 Å². The second kappa shape index (κ2) is 8.87. The van der Waals surface area contributed by atoms with E-state index >= 15 is 0 Å². The van der Waals surface area contributed by atoms with Gasteiger partial charge in [-0.1, -0.05) is 12.1 Å². The number of nitrogens with one attached hydrogen (secondary N) is 1. The molecule has 2 heterocycles. The van der Waals surface area contributed by atoms with E-state index in [1.54, 1.807) is 33.8 Å². The number of aliphatic hydroxyl groups excluding tert-OH is 1. The Balaban J connectivity index is 2.29. The van der Waals surface area contributed by atoms with E-state index in [0.717, 1.165) is 0 Å². The first-order valence-corrected chi connectivity index (χ1v) is 9.89. The van der Waals surface area contributed by atoms with Gasteiger partial charge in [0.05, 0.1) is 23.1 Å². The standard InChI is InChI=1S/C21H24N2O9/c1-11-16-15(13-7-5-8-14(23(27)28)18(13)29-10-6-9-24)17(12(2)22-11)30-19(25)31-20(26)32-21(16,3)4/h5,7-8,15,22,24H,6,9-10H2,1-4H3. The Kier molecular flexibility index (Phi) is 6.40. The molecule has 2 N–H and O–H groups in total. The Hall–Kier alpha value is -3.60. The normalized spacial score (nSPS) is 20.2. The van der Waals surface area contributed by atoms with Crippen LogP contribution in [0.4, 0.5) is 15.3 Å². The molecule has 11 nitrogen and oxygen atoms in total. The summed E-state index contributed by atoms with van der Waals surface area (Å²) in [4.78, 5) is 35.4. The van der Waals surface area contributed by atoms with Gasteiger partial charge in [0, 0.05) is 35.9 Å². The van der Waals surface area contributed by atoms with Gasteiger partial charge in [-0.05, 0) is 27.7 Å². The molecule has 1 aromatic carbocycles. The largest absolute Gasteiger partial charge is 0.523 e. The summed E-state index contributed by atoms with van der Waals surface area (Å²) < 4.78 is 21.1. The number of allylic oxidation sites excluding steroid dienone is 3. The molecule has 0 aliphatic carbocycles. The Bertz CT molecular complexity index is 1030. The van der Waals surface area contributed by atoms with Crippen molar-refractivity contribution in [3.05, 3.63) is 56.6 Å². The van der Waals surface area contributed by atoms with E-state index in [2.05, 4.69) is 10.1 Å². The molecular formula is C21H24N2O9. The van der Waals surface area contributed by atoms with Crippen molar-refractivity contribution in [1.29, 1.82) is 0 Å². The monoisotopic (exact) mass is 448 g/mol. The van der Waals surface area contributed by atoms with E-state index in [-0.39, 0.29) is 36.8 Å². The van der Waals surface area contributed by atoms with Crippen LogP contribution in [0.2, 0.25) is 0 Å². The van der Waals surface area contributed by atoms with Crippen LogP contribution in [0.1, 0.15) is 45.6 Å². The number of nitro groups is 1. The molecule has 3 rings (SSSR count). The second-order valence-corrected chi connectivity index (χ2v) is 7.78. The molecule has 11 heteroatoms. The second-order valence-electron chi connectivity index (χ2n) is 7.78. The molecule has 1 unspecified atom stereocenters. The molecule has 172 valence electrons. The Morgan fingerprint density at radius 2 is 1.91 bits per heavy atom. The van der Waals surface area contributed by atoms with Crippen LogP contribution in [-0.4, -0.2) is 41.2 Å². The number of para-hydroxylation sites is 1. The lowest BCUT2D eigenvalue weighted by Gasteiger charge is -2.37. The number of hydrogen-bond acceptors (Lipinski definition) is 10. The number of cyclic esters (lactones) is 3. The molecule has 0 amide bonds. The number of rotatable bonds is 6. The minimum Gasteiger partial charge on any atom is -0.487 e. The average molecular weight is 448 g/mol. The predicted octanol–water partition coefficient (Wildman–Crippen LogP) is 3.63. The van der Waals surface area contributed by atoms with Crippen LogP contribution in [0.15, 0.2) is 40.9 Å². The maximum atomic E-state index is 12.2. The maximum absolute atomic E-state index is 12.2. The minimum absolute atomic E-state index is 0.0245. The lowest BCUT2D eigenvalue weighted by molar-refractivity contribution is -0.386. The lowest BCUT2D eigenvalue weighted by Crippen LogP contribution is -2.38. The first kappa shape index (κ1) is 23.1. The van der Waals surface area contributed by atoms with Gasteiger partial charge < -0.3 is 29.4 Å². The van der Waals surface area contributed by atoms with Crippen molar-refractivity contribution in [2.75, 3.05) is 13.2 Å². The number of nitrogens with zero attached hydrogens (tertiary/aromatic N) is 1. The maximum Gasteiger partial charge on any atom is 0.523 e. The quantitative estimate of drug-likeness (QED) is 0.217. The number of ether oxygens (including phenoxy) is 4. The van der Waals surface area contributed by atoms with Gasteiger partial charge in [0.25, 0.3) is 0 Å². The van der Waals surface area contributed by atoms with Crippen LogP contribution in [0.3, 0.4) is 0 Å². The SMILES string of the molecule is CC1=C2OC(=O)OC(=O)OC(C)(C)C(=C(C)N1)C2c1cccc([N+](=O)[O-])c1OCCCO. The first-order valence-electron chi connectivity index (χ1n) is 9.89. The third kappa shape index (κ3) is 4.37. The smallest absolute Gasteiger partial charge is 0.487 e. The van der Waals surface area contributed by atoms with Crippen molar-refractivity contribution < 1.29 is 38.6 Å². The molecule has 1 fully saturated rings. The predicted molar refractivity (Wildman–Crippen MR) is 110 cm³/mol. The zero-order valence-electron chi connectivity index (χ0n) is 18.1. The number of aliphatic hydroxyl groups is 1. The van der Waals surface area contributed by atoms with Gasteiger partial charge in [0.15, 0.2) is 0 Å². The van der Waals surface area contributed by atoms with Gasteiger partial charge in [0.2, 0.25) is 5.75 Å². The molecule has 2 bridgehead atoms. The van der Waals surface area contributed by atoms with Gasteiger partial charge >= 0.3 is 18.0 Å². The summed E-state index contributed by atoms with van der Waals surface area (Å²) in [6.45, 7) is 6.50. The highest BCUT2D eigenvalue weighted by molar-refractivity contribution is 5.79. The Morgan fingerprint density at radius 1 is 1.19 bits per heavy atom. The molecule has 0 saturated carbocycles. The van der Waals surface area contributed by atoms with Crippen molar-refractivity contribution in [2.24, 2.45) is 0 Å². The third-order valence-electron chi connectivity index (χ3n) is 5.13. The van der Waals surface area contributed by atoms with E-state index < -0.39 is 28.8 Å². The first-order chi connectivity index (χ1) is 15.1. The van der Waals surface area contributed by atoms with Gasteiger partial charge in [-0.2, -0.15) is 0 Å². The molecule has 32 heavy (non-hydrogen) atoms. The minimum atomic E-state index is -1.29. The Morgan fingerprint density at radius 3 is 2.56 bits per heavy atom. The van der Waals surface area contributed by atoms with Crippen LogP contribution < -0.4 is 10.1 Å². The molecule has 1 aromatic rings. The fraction of sp³-hybridized carbons (Fsp3) is 0.429. The molecule has 0 spiro atoms. The highest BCUT2D eigenvalue weighted by atomic mass is 16.8. The summed E-state index contributed by atoms with van der Waals surface area (Å²) in [7, 11) is 0. The number of carbonyl (C=O) groups excluding carboxylic acids is 2. The number of fused-ring (bicyclic) bond motifs is 2. The molecular weight excluding hydrogens is 424 g/mol. The molecule has 0 radical (unpaired) electrons. The van der Waals surface area contributed by atoms with Gasteiger partial charge in [-0.25, -0.2) is 9.59 Å². The van der Waals surface area contributed by atoms with Crippen molar-refractivity contribution in [1.82, 2.24) is 5.32 Å². The van der Waals surface area contributed by atoms with Crippen LogP contribution >= 0.6 is 0 Å². The molecule has 1 saturated heterocycles. The van der Waals surface area contributed by atoms with Crippen molar-refractivity contribution >= 4 is 18.0 Å². The third-order valence-corrected chi connectivity index (χ3v) is 5.13. The fourth-order valence-electron chi connectivity index (χ4n) is 3.98. The number of benzene rings is 1. The zero-order valence-corrected chi connectivity index (χ0v) is 18.1. The zero-order chi connectivity index (χ0) is 23.6.